The lowest BCUT2D eigenvalue weighted by Crippen LogP contribution is -2.55. The number of nitrogens with zero attached hydrogens (tertiary/aromatic N) is 3. The highest BCUT2D eigenvalue weighted by molar-refractivity contribution is 6.07. The van der Waals surface area contributed by atoms with Crippen LogP contribution >= 0.6 is 0 Å². The van der Waals surface area contributed by atoms with Gasteiger partial charge < -0.3 is 20.1 Å². The Hall–Kier alpha value is -2.92. The van der Waals surface area contributed by atoms with Gasteiger partial charge in [-0.1, -0.05) is 20.8 Å². The quantitative estimate of drug-likeness (QED) is 0.407. The van der Waals surface area contributed by atoms with Crippen molar-refractivity contribution in [2.75, 3.05) is 50.0 Å². The third-order valence-electron chi connectivity index (χ3n) is 8.74. The maximum atomic E-state index is 15.8. The predicted octanol–water partition coefficient (Wildman–Crippen LogP) is 5.93. The van der Waals surface area contributed by atoms with Gasteiger partial charge in [0.25, 0.3) is 5.91 Å². The number of aromatic nitrogens is 1. The number of aromatic amines is 1. The molecule has 7 nitrogen and oxygen atoms in total. The van der Waals surface area contributed by atoms with Gasteiger partial charge in [0.1, 0.15) is 5.82 Å². The van der Waals surface area contributed by atoms with Crippen LogP contribution in [0.15, 0.2) is 29.2 Å². The highest BCUT2D eigenvalue weighted by atomic mass is 19.4. The molecule has 2 aliphatic rings. The van der Waals surface area contributed by atoms with Crippen molar-refractivity contribution in [1.82, 2.24) is 14.8 Å². The number of hydrogen-bond acceptors (Lipinski definition) is 5. The van der Waals surface area contributed by atoms with Crippen molar-refractivity contribution in [3.8, 4) is 0 Å². The van der Waals surface area contributed by atoms with Gasteiger partial charge in [0.15, 0.2) is 0 Å². The molecule has 2 aliphatic heterocycles. The predicted molar refractivity (Wildman–Crippen MR) is 158 cm³/mol. The van der Waals surface area contributed by atoms with Gasteiger partial charge in [-0.05, 0) is 88.8 Å². The first-order valence-corrected chi connectivity index (χ1v) is 14.7. The van der Waals surface area contributed by atoms with Crippen LogP contribution in [0.5, 0.6) is 0 Å². The Bertz CT molecular complexity index is 1320. The monoisotopic (exact) mass is 593 g/mol. The van der Waals surface area contributed by atoms with Crippen LogP contribution in [0.25, 0.3) is 0 Å². The number of likely N-dealkylation sites (N-methyl/N-ethyl adjacent to an activating group) is 1. The van der Waals surface area contributed by atoms with Crippen LogP contribution in [0.4, 0.5) is 28.9 Å². The molecule has 42 heavy (non-hydrogen) atoms. The van der Waals surface area contributed by atoms with Gasteiger partial charge in [-0.3, -0.25) is 14.5 Å². The number of piperazine rings is 1. The standard InChI is InChI=1S/C31H43F4N5O2/c1-19-17-40(18-20(2)38(19)6)27-15-25(32)22(21-7-10-39(11-8-21)12-9-30(3,4)5)13-26(27)37-29(42)23-16-36-28(41)14-24(23)31(33,34)35/h13-16,19-21H,7-12,17-18H2,1-6H3,(H,36,41)(H,37,42)/t19-,20+. The Balaban J connectivity index is 1.66. The largest absolute Gasteiger partial charge is 0.417 e. The van der Waals surface area contributed by atoms with Gasteiger partial charge in [0.2, 0.25) is 5.56 Å². The second-order valence-electron chi connectivity index (χ2n) is 13.2. The summed E-state index contributed by atoms with van der Waals surface area (Å²) in [7, 11) is 2.02. The molecule has 0 bridgehead atoms. The zero-order valence-electron chi connectivity index (χ0n) is 25.4. The molecule has 3 heterocycles. The molecule has 0 radical (unpaired) electrons. The first kappa shape index (κ1) is 32.0. The summed E-state index contributed by atoms with van der Waals surface area (Å²) >= 11 is 0. The molecule has 2 saturated heterocycles. The third-order valence-corrected chi connectivity index (χ3v) is 8.74. The van der Waals surface area contributed by atoms with Gasteiger partial charge in [-0.2, -0.15) is 13.2 Å². The zero-order valence-corrected chi connectivity index (χ0v) is 25.4. The first-order chi connectivity index (χ1) is 19.5. The fourth-order valence-corrected chi connectivity index (χ4v) is 5.90. The van der Waals surface area contributed by atoms with Gasteiger partial charge >= 0.3 is 6.18 Å². The van der Waals surface area contributed by atoms with Gasteiger partial charge in [-0.25, -0.2) is 4.39 Å². The molecule has 4 rings (SSSR count). The second kappa shape index (κ2) is 12.4. The second-order valence-corrected chi connectivity index (χ2v) is 13.2. The number of piperidine rings is 1. The summed E-state index contributed by atoms with van der Waals surface area (Å²) in [5, 5.41) is 2.66. The normalized spacial score (nSPS) is 21.5. The summed E-state index contributed by atoms with van der Waals surface area (Å²) < 4.78 is 57.0. The molecule has 2 aromatic rings. The van der Waals surface area contributed by atoms with Crippen LogP contribution in [0.1, 0.15) is 81.3 Å². The van der Waals surface area contributed by atoms with Crippen molar-refractivity contribution in [3.05, 3.63) is 57.3 Å². The van der Waals surface area contributed by atoms with Crippen molar-refractivity contribution in [3.63, 3.8) is 0 Å². The number of halogens is 4. The molecule has 1 aromatic carbocycles. The van der Waals surface area contributed by atoms with E-state index in [9.17, 15) is 22.8 Å². The summed E-state index contributed by atoms with van der Waals surface area (Å²) in [4.78, 5) is 33.7. The Morgan fingerprint density at radius 2 is 1.67 bits per heavy atom. The number of benzene rings is 1. The number of H-pyrrole nitrogens is 1. The van der Waals surface area contributed by atoms with Crippen LogP contribution < -0.4 is 15.8 Å². The van der Waals surface area contributed by atoms with Gasteiger partial charge in [-0.15, -0.1) is 0 Å². The van der Waals surface area contributed by atoms with Crippen molar-refractivity contribution >= 4 is 17.3 Å². The molecule has 2 atom stereocenters. The number of carbonyl (C=O) groups excluding carboxylic acids is 1. The number of alkyl halides is 3. The molecule has 0 spiro atoms. The van der Waals surface area contributed by atoms with Crippen molar-refractivity contribution in [2.24, 2.45) is 5.41 Å². The van der Waals surface area contributed by atoms with E-state index >= 15 is 4.39 Å². The number of carbonyl (C=O) groups is 1. The summed E-state index contributed by atoms with van der Waals surface area (Å²) in [5.41, 5.74) is -1.62. The molecule has 0 aliphatic carbocycles. The lowest BCUT2D eigenvalue weighted by molar-refractivity contribution is -0.138. The Kier molecular flexibility index (Phi) is 9.42. The molecule has 11 heteroatoms. The van der Waals surface area contributed by atoms with Crippen molar-refractivity contribution in [2.45, 2.75) is 78.1 Å². The topological polar surface area (TPSA) is 71.7 Å². The summed E-state index contributed by atoms with van der Waals surface area (Å²) in [6, 6.07) is 3.66. The van der Waals surface area contributed by atoms with E-state index < -0.39 is 28.8 Å². The van der Waals surface area contributed by atoms with Crippen molar-refractivity contribution in [1.29, 1.82) is 0 Å². The van der Waals surface area contributed by atoms with Gasteiger partial charge in [0.05, 0.1) is 22.5 Å². The Morgan fingerprint density at radius 1 is 1.05 bits per heavy atom. The molecular weight excluding hydrogens is 550 g/mol. The number of rotatable bonds is 6. The summed E-state index contributed by atoms with van der Waals surface area (Å²) in [6.45, 7) is 14.5. The number of likely N-dealkylation sites (tertiary alicyclic amines) is 1. The first-order valence-electron chi connectivity index (χ1n) is 14.7. The molecule has 232 valence electrons. The minimum Gasteiger partial charge on any atom is -0.367 e. The van der Waals surface area contributed by atoms with E-state index in [0.29, 0.717) is 30.4 Å². The highest BCUT2D eigenvalue weighted by Crippen LogP contribution is 2.39. The fraction of sp³-hybridized carbons (Fsp3) is 0.613. The van der Waals surface area contributed by atoms with Crippen LogP contribution in [-0.2, 0) is 6.18 Å². The minimum absolute atomic E-state index is 0.0789. The van der Waals surface area contributed by atoms with E-state index in [4.69, 9.17) is 0 Å². The van der Waals surface area contributed by atoms with Crippen LogP contribution in [-0.4, -0.2) is 72.5 Å². The fourth-order valence-electron chi connectivity index (χ4n) is 5.90. The minimum atomic E-state index is -4.90. The number of pyridine rings is 1. The molecule has 2 N–H and O–H groups in total. The van der Waals surface area contributed by atoms with Crippen LogP contribution in [0, 0.1) is 11.2 Å². The molecule has 0 unspecified atom stereocenters. The van der Waals surface area contributed by atoms with E-state index in [1.54, 1.807) is 6.07 Å². The molecular formula is C31H43F4N5O2. The molecule has 2 fully saturated rings. The summed E-state index contributed by atoms with van der Waals surface area (Å²) in [5.74, 6) is -1.48. The van der Waals surface area contributed by atoms with E-state index in [1.165, 1.54) is 6.07 Å². The third kappa shape index (κ3) is 7.53. The molecule has 0 saturated carbocycles. The number of hydrogen-bond donors (Lipinski definition) is 2. The van der Waals surface area contributed by atoms with Crippen molar-refractivity contribution < 1.29 is 22.4 Å². The highest BCUT2D eigenvalue weighted by Gasteiger charge is 2.37. The van der Waals surface area contributed by atoms with Crippen LogP contribution in [0.3, 0.4) is 0 Å². The molecule has 1 amide bonds. The SMILES string of the molecule is C[C@@H]1CN(c2cc(F)c(C3CCN(CCC(C)(C)C)CC3)cc2NC(=O)c2c[nH]c(=O)cc2C(F)(F)F)C[C@H](C)N1C. The maximum Gasteiger partial charge on any atom is 0.417 e. The van der Waals surface area contributed by atoms with E-state index in [-0.39, 0.29) is 34.9 Å². The zero-order chi connectivity index (χ0) is 31.0. The Morgan fingerprint density at radius 3 is 2.24 bits per heavy atom. The lowest BCUT2D eigenvalue weighted by Gasteiger charge is -2.44. The van der Waals surface area contributed by atoms with E-state index in [1.807, 2.05) is 11.9 Å². The average Bonchev–Trinajstić information content (AvgIpc) is 2.90. The Labute approximate surface area is 245 Å². The summed E-state index contributed by atoms with van der Waals surface area (Å²) in [6.07, 6.45) is -1.58. The average molecular weight is 594 g/mol. The number of anilines is 2. The van der Waals surface area contributed by atoms with E-state index in [2.05, 4.69) is 54.7 Å². The smallest absolute Gasteiger partial charge is 0.367 e. The molecule has 1 aromatic heterocycles. The number of amides is 1. The number of nitrogens with one attached hydrogen (secondary N) is 2. The van der Waals surface area contributed by atoms with Gasteiger partial charge in [0, 0.05) is 37.4 Å². The van der Waals surface area contributed by atoms with E-state index in [0.717, 1.165) is 45.1 Å². The maximum absolute atomic E-state index is 15.8. The lowest BCUT2D eigenvalue weighted by atomic mass is 9.87. The van der Waals surface area contributed by atoms with Crippen LogP contribution in [0.2, 0.25) is 0 Å².